The van der Waals surface area contributed by atoms with Crippen LogP contribution < -0.4 is 0 Å². The highest BCUT2D eigenvalue weighted by atomic mass is 16.1. The molecule has 0 radical (unpaired) electrons. The average Bonchev–Trinajstić information content (AvgIpc) is 2.94. The molecule has 0 amide bonds. The Morgan fingerprint density at radius 1 is 1.11 bits per heavy atom. The van der Waals surface area contributed by atoms with Gasteiger partial charge in [-0.1, -0.05) is 0 Å². The van der Waals surface area contributed by atoms with Gasteiger partial charge in [-0.15, -0.1) is 0 Å². The standard InChI is InChI=1S/C14H12N4O/c1-2-18-13(5-6-17-18)14(19)10-3-4-11-12(9-10)16-8-7-15-11/h3-9H,2H2,1H3. The average molecular weight is 252 g/mol. The van der Waals surface area contributed by atoms with Gasteiger partial charge in [-0.05, 0) is 31.2 Å². The zero-order chi connectivity index (χ0) is 13.2. The van der Waals surface area contributed by atoms with Crippen molar-refractivity contribution in [2.75, 3.05) is 0 Å². The van der Waals surface area contributed by atoms with Crippen LogP contribution in [0.2, 0.25) is 0 Å². The predicted octanol–water partition coefficient (Wildman–Crippen LogP) is 2.08. The van der Waals surface area contributed by atoms with Crippen molar-refractivity contribution in [3.05, 3.63) is 54.1 Å². The third kappa shape index (κ3) is 1.99. The molecule has 5 heteroatoms. The normalized spacial score (nSPS) is 10.8. The minimum absolute atomic E-state index is 0.0492. The van der Waals surface area contributed by atoms with Crippen LogP contribution in [0.25, 0.3) is 11.0 Å². The molecule has 0 atom stereocenters. The molecule has 0 aliphatic heterocycles. The topological polar surface area (TPSA) is 60.7 Å². The molecule has 19 heavy (non-hydrogen) atoms. The van der Waals surface area contributed by atoms with Crippen LogP contribution in [0.5, 0.6) is 0 Å². The molecule has 0 N–H and O–H groups in total. The summed E-state index contributed by atoms with van der Waals surface area (Å²) in [5, 5.41) is 4.11. The molecule has 0 aliphatic carbocycles. The van der Waals surface area contributed by atoms with E-state index in [2.05, 4.69) is 15.1 Å². The Morgan fingerprint density at radius 2 is 1.89 bits per heavy atom. The number of benzene rings is 1. The summed E-state index contributed by atoms with van der Waals surface area (Å²) in [5.74, 6) is -0.0492. The van der Waals surface area contributed by atoms with E-state index in [1.165, 1.54) is 0 Å². The van der Waals surface area contributed by atoms with Gasteiger partial charge in [0.15, 0.2) is 0 Å². The highest BCUT2D eigenvalue weighted by Crippen LogP contribution is 2.14. The molecule has 3 aromatic rings. The molecular weight excluding hydrogens is 240 g/mol. The predicted molar refractivity (Wildman–Crippen MR) is 70.9 cm³/mol. The molecule has 0 aliphatic rings. The smallest absolute Gasteiger partial charge is 0.211 e. The molecule has 3 rings (SSSR count). The maximum Gasteiger partial charge on any atom is 0.211 e. The number of carbonyl (C=O) groups is 1. The van der Waals surface area contributed by atoms with Gasteiger partial charge in [0.05, 0.1) is 11.0 Å². The number of aryl methyl sites for hydroxylation is 1. The number of nitrogens with zero attached hydrogens (tertiary/aromatic N) is 4. The van der Waals surface area contributed by atoms with Gasteiger partial charge in [-0.25, -0.2) is 0 Å². The Kier molecular flexibility index (Phi) is 2.79. The molecule has 94 valence electrons. The zero-order valence-corrected chi connectivity index (χ0v) is 10.4. The fourth-order valence-electron chi connectivity index (χ4n) is 2.03. The SMILES string of the molecule is CCn1nccc1C(=O)c1ccc2nccnc2c1. The summed E-state index contributed by atoms with van der Waals surface area (Å²) in [6.45, 7) is 2.62. The minimum Gasteiger partial charge on any atom is -0.287 e. The fraction of sp³-hybridized carbons (Fsp3) is 0.143. The van der Waals surface area contributed by atoms with E-state index in [0.717, 1.165) is 11.0 Å². The van der Waals surface area contributed by atoms with Crippen LogP contribution in [0.1, 0.15) is 23.0 Å². The van der Waals surface area contributed by atoms with Gasteiger partial charge >= 0.3 is 0 Å². The summed E-state index contributed by atoms with van der Waals surface area (Å²) in [6.07, 6.45) is 4.89. The molecule has 2 heterocycles. The van der Waals surface area contributed by atoms with Crippen molar-refractivity contribution in [1.29, 1.82) is 0 Å². The van der Waals surface area contributed by atoms with Crippen molar-refractivity contribution < 1.29 is 4.79 Å². The first kappa shape index (κ1) is 11.5. The van der Waals surface area contributed by atoms with E-state index < -0.39 is 0 Å². The first-order valence-electron chi connectivity index (χ1n) is 6.07. The number of aromatic nitrogens is 4. The van der Waals surface area contributed by atoms with Crippen molar-refractivity contribution in [3.8, 4) is 0 Å². The molecule has 0 unspecified atom stereocenters. The maximum absolute atomic E-state index is 12.4. The highest BCUT2D eigenvalue weighted by Gasteiger charge is 2.14. The lowest BCUT2D eigenvalue weighted by Crippen LogP contribution is -2.10. The second-order valence-corrected chi connectivity index (χ2v) is 4.12. The van der Waals surface area contributed by atoms with E-state index in [9.17, 15) is 4.79 Å². The molecule has 0 fully saturated rings. The number of hydrogen-bond donors (Lipinski definition) is 0. The zero-order valence-electron chi connectivity index (χ0n) is 10.4. The third-order valence-corrected chi connectivity index (χ3v) is 2.98. The summed E-state index contributed by atoms with van der Waals surface area (Å²) in [5.41, 5.74) is 2.69. The Labute approximate surface area is 109 Å². The molecule has 1 aromatic carbocycles. The second kappa shape index (κ2) is 4.61. The Hall–Kier alpha value is -2.56. The van der Waals surface area contributed by atoms with Crippen LogP contribution in [-0.2, 0) is 6.54 Å². The van der Waals surface area contributed by atoms with E-state index in [1.54, 1.807) is 41.5 Å². The minimum atomic E-state index is -0.0492. The first-order chi connectivity index (χ1) is 9.29. The van der Waals surface area contributed by atoms with Crippen molar-refractivity contribution in [3.63, 3.8) is 0 Å². The monoisotopic (exact) mass is 252 g/mol. The van der Waals surface area contributed by atoms with E-state index >= 15 is 0 Å². The van der Waals surface area contributed by atoms with Gasteiger partial charge in [0.2, 0.25) is 5.78 Å². The molecule has 2 aromatic heterocycles. The number of ketones is 1. The molecule has 0 bridgehead atoms. The fourth-order valence-corrected chi connectivity index (χ4v) is 2.03. The van der Waals surface area contributed by atoms with Crippen molar-refractivity contribution in [2.24, 2.45) is 0 Å². The van der Waals surface area contributed by atoms with Gasteiger partial charge in [-0.3, -0.25) is 19.4 Å². The number of carbonyl (C=O) groups excluding carboxylic acids is 1. The van der Waals surface area contributed by atoms with Gasteiger partial charge in [0, 0.05) is 30.7 Å². The number of hydrogen-bond acceptors (Lipinski definition) is 4. The summed E-state index contributed by atoms with van der Waals surface area (Å²) in [7, 11) is 0. The Balaban J connectivity index is 2.06. The summed E-state index contributed by atoms with van der Waals surface area (Å²) in [4.78, 5) is 20.8. The maximum atomic E-state index is 12.4. The van der Waals surface area contributed by atoms with Crippen LogP contribution in [0, 0.1) is 0 Å². The Bertz CT molecular complexity index is 748. The van der Waals surface area contributed by atoms with E-state index in [0.29, 0.717) is 17.8 Å². The largest absolute Gasteiger partial charge is 0.287 e. The van der Waals surface area contributed by atoms with Crippen LogP contribution in [0.15, 0.2) is 42.9 Å². The van der Waals surface area contributed by atoms with E-state index in [1.807, 2.05) is 13.0 Å². The number of rotatable bonds is 3. The second-order valence-electron chi connectivity index (χ2n) is 4.12. The van der Waals surface area contributed by atoms with E-state index in [4.69, 9.17) is 0 Å². The lowest BCUT2D eigenvalue weighted by molar-refractivity contribution is 0.102. The number of fused-ring (bicyclic) bond motifs is 1. The van der Waals surface area contributed by atoms with Crippen molar-refractivity contribution in [2.45, 2.75) is 13.5 Å². The van der Waals surface area contributed by atoms with E-state index in [-0.39, 0.29) is 5.78 Å². The lowest BCUT2D eigenvalue weighted by Gasteiger charge is -2.04. The van der Waals surface area contributed by atoms with Gasteiger partial charge in [0.1, 0.15) is 5.69 Å². The summed E-state index contributed by atoms with van der Waals surface area (Å²) >= 11 is 0. The summed E-state index contributed by atoms with van der Waals surface area (Å²) < 4.78 is 1.68. The molecular formula is C14H12N4O. The third-order valence-electron chi connectivity index (χ3n) is 2.98. The summed E-state index contributed by atoms with van der Waals surface area (Å²) in [6, 6.07) is 7.07. The van der Waals surface area contributed by atoms with Gasteiger partial charge in [0.25, 0.3) is 0 Å². The van der Waals surface area contributed by atoms with Gasteiger partial charge < -0.3 is 0 Å². The Morgan fingerprint density at radius 3 is 2.68 bits per heavy atom. The van der Waals surface area contributed by atoms with Crippen LogP contribution >= 0.6 is 0 Å². The molecule has 0 saturated heterocycles. The van der Waals surface area contributed by atoms with Gasteiger partial charge in [-0.2, -0.15) is 5.10 Å². The van der Waals surface area contributed by atoms with Crippen molar-refractivity contribution >= 4 is 16.8 Å². The van der Waals surface area contributed by atoms with Crippen LogP contribution in [0.4, 0.5) is 0 Å². The quantitative estimate of drug-likeness (QED) is 0.669. The lowest BCUT2D eigenvalue weighted by atomic mass is 10.1. The van der Waals surface area contributed by atoms with Crippen molar-refractivity contribution in [1.82, 2.24) is 19.7 Å². The molecule has 0 saturated carbocycles. The molecule has 0 spiro atoms. The van der Waals surface area contributed by atoms with Crippen LogP contribution in [0.3, 0.4) is 0 Å². The first-order valence-corrected chi connectivity index (χ1v) is 6.07. The highest BCUT2D eigenvalue weighted by molar-refractivity contribution is 6.09. The van der Waals surface area contributed by atoms with Crippen LogP contribution in [-0.4, -0.2) is 25.5 Å². The molecule has 5 nitrogen and oxygen atoms in total.